The molecule has 0 spiro atoms. The number of allylic oxidation sites excluding steroid dienone is 1. The van der Waals surface area contributed by atoms with Crippen molar-refractivity contribution in [3.05, 3.63) is 71.0 Å². The van der Waals surface area contributed by atoms with Gasteiger partial charge in [-0.1, -0.05) is 31.2 Å². The second-order valence-electron chi connectivity index (χ2n) is 7.55. The van der Waals surface area contributed by atoms with E-state index in [4.69, 9.17) is 23.1 Å². The van der Waals surface area contributed by atoms with Crippen LogP contribution in [-0.2, 0) is 0 Å². The van der Waals surface area contributed by atoms with Crippen molar-refractivity contribution in [3.8, 4) is 0 Å². The van der Waals surface area contributed by atoms with Gasteiger partial charge in [-0.2, -0.15) is 0 Å². The molecule has 0 atom stereocenters. The first-order valence-corrected chi connectivity index (χ1v) is 11.7. The molecule has 188 valence electrons. The zero-order chi connectivity index (χ0) is 24.1. The number of aliphatic imine (C=N–C) groups is 1. The van der Waals surface area contributed by atoms with Gasteiger partial charge < -0.3 is 21.7 Å². The minimum absolute atomic E-state index is 0. The Labute approximate surface area is 218 Å². The predicted molar refractivity (Wildman–Crippen MR) is 149 cm³/mol. The summed E-state index contributed by atoms with van der Waals surface area (Å²) in [5, 5.41) is 3.64. The third-order valence-corrected chi connectivity index (χ3v) is 5.96. The standard InChI is InChI=1S/C23H23ClN8OS.CH4.3H2/c1-14(25)11-18(26)28-20-12-21(32-9-4-10-32)31-23(30-20)34-15-7-8-19(27-13-15)29-22(33)16-5-2-3-6-17(16)24;;;;/h2-3,5-8,11-13H,4,9-10,25H2,1H3,(H,27,29,33)(H2,26,28,30,31);1H4;3*1H. The van der Waals surface area contributed by atoms with Crippen molar-refractivity contribution in [2.24, 2.45) is 16.5 Å². The Kier molecular flexibility index (Phi) is 8.67. The first-order chi connectivity index (χ1) is 16.4. The highest BCUT2D eigenvalue weighted by molar-refractivity contribution is 7.99. The summed E-state index contributed by atoms with van der Waals surface area (Å²) < 4.78 is 0. The van der Waals surface area contributed by atoms with Gasteiger partial charge in [0, 0.05) is 40.2 Å². The van der Waals surface area contributed by atoms with E-state index in [1.165, 1.54) is 11.8 Å². The number of nitrogens with one attached hydrogen (secondary N) is 1. The van der Waals surface area contributed by atoms with Gasteiger partial charge in [-0.3, -0.25) is 4.79 Å². The number of carbonyl (C=O) groups excluding carboxylic acids is 1. The maximum atomic E-state index is 12.4. The number of amides is 1. The molecule has 11 heteroatoms. The van der Waals surface area contributed by atoms with Crippen LogP contribution in [0.15, 0.2) is 75.5 Å². The maximum absolute atomic E-state index is 12.4. The molecule has 3 heterocycles. The lowest BCUT2D eigenvalue weighted by atomic mass is 10.2. The van der Waals surface area contributed by atoms with Gasteiger partial charge in [0.2, 0.25) is 0 Å². The van der Waals surface area contributed by atoms with E-state index in [9.17, 15) is 4.79 Å². The Morgan fingerprint density at radius 3 is 2.63 bits per heavy atom. The summed E-state index contributed by atoms with van der Waals surface area (Å²) >= 11 is 7.43. The van der Waals surface area contributed by atoms with Crippen LogP contribution in [0.4, 0.5) is 17.5 Å². The lowest BCUT2D eigenvalue weighted by Crippen LogP contribution is -2.37. The third-order valence-electron chi connectivity index (χ3n) is 4.78. The average Bonchev–Trinajstić information content (AvgIpc) is 2.73. The maximum Gasteiger partial charge on any atom is 0.258 e. The molecule has 35 heavy (non-hydrogen) atoms. The van der Waals surface area contributed by atoms with Crippen LogP contribution >= 0.6 is 23.4 Å². The molecule has 9 nitrogen and oxygen atoms in total. The summed E-state index contributed by atoms with van der Waals surface area (Å²) in [5.41, 5.74) is 12.6. The van der Waals surface area contributed by atoms with Crippen molar-refractivity contribution < 1.29 is 9.07 Å². The minimum Gasteiger partial charge on any atom is -0.402 e. The first kappa shape index (κ1) is 26.0. The fraction of sp³-hybridized carbons (Fsp3) is 0.208. The van der Waals surface area contributed by atoms with Gasteiger partial charge in [0.25, 0.3) is 5.91 Å². The van der Waals surface area contributed by atoms with Gasteiger partial charge in [-0.25, -0.2) is 19.9 Å². The van der Waals surface area contributed by atoms with Crippen molar-refractivity contribution in [2.75, 3.05) is 23.3 Å². The van der Waals surface area contributed by atoms with E-state index < -0.39 is 0 Å². The SMILES string of the molecule is C.CC(N)=CC(N)=Nc1cc(N2CCC2)nc(Sc2ccc(NC(=O)c3ccccc3Cl)nc2)n1.[HH].[HH].[HH]. The van der Waals surface area contributed by atoms with Crippen LogP contribution in [0, 0.1) is 0 Å². The number of pyridine rings is 1. The van der Waals surface area contributed by atoms with Crippen LogP contribution in [-0.4, -0.2) is 39.8 Å². The van der Waals surface area contributed by atoms with E-state index in [-0.39, 0.29) is 23.4 Å². The zero-order valence-electron chi connectivity index (χ0n) is 18.4. The van der Waals surface area contributed by atoms with Crippen LogP contribution in [0.5, 0.6) is 0 Å². The van der Waals surface area contributed by atoms with Crippen LogP contribution < -0.4 is 21.7 Å². The second kappa shape index (κ2) is 11.7. The minimum atomic E-state index is -0.328. The molecule has 0 bridgehead atoms. The molecule has 4 rings (SSSR count). The molecule has 0 unspecified atom stereocenters. The Morgan fingerprint density at radius 2 is 2.00 bits per heavy atom. The molecule has 1 saturated heterocycles. The molecule has 0 saturated carbocycles. The number of nitrogens with zero attached hydrogens (tertiary/aromatic N) is 5. The smallest absolute Gasteiger partial charge is 0.258 e. The number of benzene rings is 1. The molecule has 0 aliphatic carbocycles. The molecular weight excluding hydrogens is 484 g/mol. The fourth-order valence-electron chi connectivity index (χ4n) is 3.06. The molecule has 1 aliphatic rings. The van der Waals surface area contributed by atoms with Crippen molar-refractivity contribution in [1.29, 1.82) is 0 Å². The van der Waals surface area contributed by atoms with Crippen molar-refractivity contribution in [2.45, 2.75) is 30.8 Å². The monoisotopic (exact) mass is 516 g/mol. The average molecular weight is 517 g/mol. The van der Waals surface area contributed by atoms with Gasteiger partial charge in [-0.15, -0.1) is 0 Å². The van der Waals surface area contributed by atoms with Gasteiger partial charge >= 0.3 is 0 Å². The van der Waals surface area contributed by atoms with Crippen molar-refractivity contribution >= 4 is 52.6 Å². The second-order valence-corrected chi connectivity index (χ2v) is 9.00. The summed E-state index contributed by atoms with van der Waals surface area (Å²) in [6.45, 7) is 3.61. The summed E-state index contributed by atoms with van der Waals surface area (Å²) in [4.78, 5) is 33.2. The number of halogens is 1. The Bertz CT molecular complexity index is 1270. The molecule has 5 N–H and O–H groups in total. The van der Waals surface area contributed by atoms with Crippen LogP contribution in [0.1, 0.15) is 35.4 Å². The van der Waals surface area contributed by atoms with Crippen LogP contribution in [0.3, 0.4) is 0 Å². The number of anilines is 2. The third kappa shape index (κ3) is 6.93. The van der Waals surface area contributed by atoms with Gasteiger partial charge in [0.05, 0.1) is 10.6 Å². The first-order valence-electron chi connectivity index (χ1n) is 10.5. The highest BCUT2D eigenvalue weighted by atomic mass is 35.5. The number of aromatic nitrogens is 3. The van der Waals surface area contributed by atoms with Gasteiger partial charge in [-0.05, 0) is 55.4 Å². The quantitative estimate of drug-likeness (QED) is 0.217. The summed E-state index contributed by atoms with van der Waals surface area (Å²) in [6.07, 6.45) is 4.34. The molecule has 1 aromatic carbocycles. The number of carbonyl (C=O) groups is 1. The molecule has 1 fully saturated rings. The predicted octanol–water partition coefficient (Wildman–Crippen LogP) is 5.36. The van der Waals surface area contributed by atoms with E-state index in [0.717, 1.165) is 30.2 Å². The number of rotatable bonds is 7. The summed E-state index contributed by atoms with van der Waals surface area (Å²) in [7, 11) is 0. The van der Waals surface area contributed by atoms with Gasteiger partial charge in [0.15, 0.2) is 11.0 Å². The summed E-state index contributed by atoms with van der Waals surface area (Å²) in [5.74, 6) is 1.59. The highest BCUT2D eigenvalue weighted by Crippen LogP contribution is 2.30. The van der Waals surface area contributed by atoms with Crippen LogP contribution in [0.25, 0.3) is 0 Å². The van der Waals surface area contributed by atoms with Crippen molar-refractivity contribution in [1.82, 2.24) is 15.0 Å². The normalized spacial score (nSPS) is 13.6. The molecule has 1 amide bonds. The molecule has 0 radical (unpaired) electrons. The zero-order valence-corrected chi connectivity index (χ0v) is 20.0. The molecule has 2 aromatic heterocycles. The van der Waals surface area contributed by atoms with Gasteiger partial charge in [0.1, 0.15) is 17.5 Å². The number of amidine groups is 1. The van der Waals surface area contributed by atoms with Crippen LogP contribution in [0.2, 0.25) is 5.02 Å². The van der Waals surface area contributed by atoms with E-state index >= 15 is 0 Å². The Morgan fingerprint density at radius 1 is 1.23 bits per heavy atom. The lowest BCUT2D eigenvalue weighted by molar-refractivity contribution is 0.102. The lowest BCUT2D eigenvalue weighted by Gasteiger charge is -2.32. The van der Waals surface area contributed by atoms with E-state index in [0.29, 0.717) is 33.1 Å². The topological polar surface area (TPSA) is 135 Å². The van der Waals surface area contributed by atoms with E-state index in [1.54, 1.807) is 55.6 Å². The van der Waals surface area contributed by atoms with Crippen molar-refractivity contribution in [3.63, 3.8) is 0 Å². The molecular formula is C24H33ClN8OS. The Hall–Kier alpha value is -3.63. The number of nitrogens with two attached hydrogens (primary N) is 2. The fourth-order valence-corrected chi connectivity index (χ4v) is 4.01. The largest absolute Gasteiger partial charge is 0.402 e. The number of hydrogen-bond donors (Lipinski definition) is 3. The Balaban J connectivity index is 0.00000342. The summed E-state index contributed by atoms with van der Waals surface area (Å²) in [6, 6.07) is 12.2. The number of hydrogen-bond acceptors (Lipinski definition) is 8. The highest BCUT2D eigenvalue weighted by Gasteiger charge is 2.18. The van der Waals surface area contributed by atoms with E-state index in [1.807, 2.05) is 6.07 Å². The van der Waals surface area contributed by atoms with E-state index in [2.05, 4.69) is 30.2 Å². The molecule has 1 aliphatic heterocycles. The molecule has 3 aromatic rings.